The molecule has 0 aliphatic rings. The van der Waals surface area contributed by atoms with Crippen molar-refractivity contribution in [1.29, 1.82) is 0 Å². The first-order valence-corrected chi connectivity index (χ1v) is 3.10. The maximum atomic E-state index is 11.6. The molecule has 12 heavy (non-hydrogen) atoms. The molecule has 0 saturated carbocycles. The Morgan fingerprint density at radius 1 is 1.58 bits per heavy atom. The Balaban J connectivity index is 2.59. The first-order valence-electron chi connectivity index (χ1n) is 3.10. The Morgan fingerprint density at radius 2 is 2.33 bits per heavy atom. The van der Waals surface area contributed by atoms with E-state index in [1.54, 1.807) is 0 Å². The molecule has 0 aromatic carbocycles. The molecule has 0 unspecified atom stereocenters. The van der Waals surface area contributed by atoms with E-state index in [1.807, 2.05) is 0 Å². The van der Waals surface area contributed by atoms with E-state index in [0.29, 0.717) is 0 Å². The lowest BCUT2D eigenvalue weighted by Gasteiger charge is -2.00. The van der Waals surface area contributed by atoms with E-state index in [4.69, 9.17) is 0 Å². The number of halogens is 2. The van der Waals surface area contributed by atoms with Crippen LogP contribution in [0.1, 0.15) is 0 Å². The molecule has 1 aromatic rings. The minimum Gasteiger partial charge on any atom is -0.421 e. The molecular weight excluding hydrogens is 168 g/mol. The summed E-state index contributed by atoms with van der Waals surface area (Å²) in [5.74, 6) is -1.55. The summed E-state index contributed by atoms with van der Waals surface area (Å²) in [5, 5.41) is 0. The lowest BCUT2D eigenvalue weighted by molar-refractivity contribution is -0.146. The van der Waals surface area contributed by atoms with Crippen molar-refractivity contribution in [3.8, 4) is 5.75 Å². The smallest absolute Gasteiger partial charge is 0.379 e. The fourth-order valence-electron chi connectivity index (χ4n) is 0.568. The fraction of sp³-hybridized carbons (Fsp3) is 0.143. The van der Waals surface area contributed by atoms with E-state index in [0.717, 1.165) is 0 Å². The van der Waals surface area contributed by atoms with E-state index in [9.17, 15) is 13.6 Å². The van der Waals surface area contributed by atoms with Crippen LogP contribution in [0.2, 0.25) is 0 Å². The van der Waals surface area contributed by atoms with Crippen molar-refractivity contribution < 1.29 is 18.3 Å². The van der Waals surface area contributed by atoms with Gasteiger partial charge < -0.3 is 4.74 Å². The third-order valence-corrected chi connectivity index (χ3v) is 1.03. The summed E-state index contributed by atoms with van der Waals surface area (Å²) in [6.07, 6.45) is -0.481. The Hall–Kier alpha value is -1.52. The number of esters is 1. The largest absolute Gasteiger partial charge is 0.421 e. The molecule has 3 nitrogen and oxygen atoms in total. The Labute approximate surface area is 67.0 Å². The number of nitrogens with zero attached hydrogens (tertiary/aromatic N) is 1. The van der Waals surface area contributed by atoms with Crippen molar-refractivity contribution in [3.63, 3.8) is 0 Å². The zero-order valence-electron chi connectivity index (χ0n) is 5.91. The van der Waals surface area contributed by atoms with Crippen molar-refractivity contribution in [1.82, 2.24) is 4.98 Å². The van der Waals surface area contributed by atoms with E-state index >= 15 is 0 Å². The molecule has 1 aromatic heterocycles. The molecule has 0 saturated heterocycles. The standard InChI is InChI=1S/C7H5F2NO2/c8-6(9)7(11)12-5-2-1-3-10-4-5/h1-4,6H. The van der Waals surface area contributed by atoms with Gasteiger partial charge in [0.2, 0.25) is 0 Å². The van der Waals surface area contributed by atoms with Gasteiger partial charge in [-0.3, -0.25) is 4.98 Å². The second-order valence-corrected chi connectivity index (χ2v) is 1.91. The first-order chi connectivity index (χ1) is 5.70. The zero-order valence-corrected chi connectivity index (χ0v) is 5.91. The third kappa shape index (κ3) is 2.26. The summed E-state index contributed by atoms with van der Waals surface area (Å²) in [5.41, 5.74) is 0. The van der Waals surface area contributed by atoms with Crippen LogP contribution in [0.15, 0.2) is 24.5 Å². The lowest BCUT2D eigenvalue weighted by atomic mass is 10.5. The van der Waals surface area contributed by atoms with Crippen molar-refractivity contribution in [2.24, 2.45) is 0 Å². The van der Waals surface area contributed by atoms with Crippen LogP contribution in [0.25, 0.3) is 0 Å². The topological polar surface area (TPSA) is 39.2 Å². The Morgan fingerprint density at radius 3 is 2.83 bits per heavy atom. The fourth-order valence-corrected chi connectivity index (χ4v) is 0.568. The molecule has 0 amide bonds. The van der Waals surface area contributed by atoms with Gasteiger partial charge in [-0.25, -0.2) is 4.79 Å². The van der Waals surface area contributed by atoms with Gasteiger partial charge in [0, 0.05) is 6.20 Å². The third-order valence-electron chi connectivity index (χ3n) is 1.03. The molecule has 64 valence electrons. The normalized spacial score (nSPS) is 9.92. The molecule has 0 spiro atoms. The number of hydrogen-bond acceptors (Lipinski definition) is 3. The van der Waals surface area contributed by atoms with Gasteiger partial charge in [-0.05, 0) is 12.1 Å². The zero-order chi connectivity index (χ0) is 8.97. The quantitative estimate of drug-likeness (QED) is 0.632. The van der Waals surface area contributed by atoms with Crippen LogP contribution in [0.3, 0.4) is 0 Å². The van der Waals surface area contributed by atoms with Gasteiger partial charge in [0.1, 0.15) is 5.75 Å². The highest BCUT2D eigenvalue weighted by Gasteiger charge is 2.17. The highest BCUT2D eigenvalue weighted by Crippen LogP contribution is 2.08. The predicted octanol–water partition coefficient (Wildman–Crippen LogP) is 1.25. The maximum absolute atomic E-state index is 11.6. The van der Waals surface area contributed by atoms with Crippen molar-refractivity contribution in [3.05, 3.63) is 24.5 Å². The molecule has 5 heteroatoms. The number of hydrogen-bond donors (Lipinski definition) is 0. The second kappa shape index (κ2) is 3.75. The average molecular weight is 173 g/mol. The number of aromatic nitrogens is 1. The first kappa shape index (κ1) is 8.58. The van der Waals surface area contributed by atoms with Gasteiger partial charge in [0.25, 0.3) is 0 Å². The predicted molar refractivity (Wildman–Crippen MR) is 35.9 cm³/mol. The second-order valence-electron chi connectivity index (χ2n) is 1.91. The summed E-state index contributed by atoms with van der Waals surface area (Å²) in [6.45, 7) is 0. The van der Waals surface area contributed by atoms with Gasteiger partial charge in [-0.15, -0.1) is 0 Å². The van der Waals surface area contributed by atoms with E-state index in [-0.39, 0.29) is 5.75 Å². The number of rotatable bonds is 2. The minimum atomic E-state index is -3.11. The highest BCUT2D eigenvalue weighted by molar-refractivity contribution is 5.75. The molecule has 1 rings (SSSR count). The van der Waals surface area contributed by atoms with Crippen molar-refractivity contribution >= 4 is 5.97 Å². The lowest BCUT2D eigenvalue weighted by Crippen LogP contribution is -2.17. The van der Waals surface area contributed by atoms with Crippen LogP contribution in [-0.4, -0.2) is 17.4 Å². The summed E-state index contributed by atoms with van der Waals surface area (Å²) in [7, 11) is 0. The van der Waals surface area contributed by atoms with Gasteiger partial charge in [0.05, 0.1) is 6.20 Å². The van der Waals surface area contributed by atoms with Crippen molar-refractivity contribution in [2.75, 3.05) is 0 Å². The molecule has 0 fully saturated rings. The molecule has 0 bridgehead atoms. The molecule has 0 aliphatic heterocycles. The number of pyridine rings is 1. The molecule has 0 radical (unpaired) electrons. The summed E-state index contributed by atoms with van der Waals surface area (Å²) in [4.78, 5) is 13.9. The van der Waals surface area contributed by atoms with Gasteiger partial charge in [-0.2, -0.15) is 8.78 Å². The average Bonchev–Trinajstić information content (AvgIpc) is 2.06. The van der Waals surface area contributed by atoms with E-state index < -0.39 is 12.4 Å². The number of carbonyl (C=O) groups is 1. The van der Waals surface area contributed by atoms with E-state index in [1.165, 1.54) is 24.5 Å². The van der Waals surface area contributed by atoms with Crippen LogP contribution >= 0.6 is 0 Å². The van der Waals surface area contributed by atoms with Crippen LogP contribution in [0.5, 0.6) is 5.75 Å². The molecular formula is C7H5F2NO2. The number of carbonyl (C=O) groups excluding carboxylic acids is 1. The SMILES string of the molecule is O=C(Oc1cccnc1)C(F)F. The van der Waals surface area contributed by atoms with Crippen LogP contribution in [0.4, 0.5) is 8.78 Å². The van der Waals surface area contributed by atoms with Crippen LogP contribution in [0, 0.1) is 0 Å². The minimum absolute atomic E-state index is 0.0165. The molecule has 0 N–H and O–H groups in total. The summed E-state index contributed by atoms with van der Waals surface area (Å²) >= 11 is 0. The van der Waals surface area contributed by atoms with Crippen LogP contribution in [-0.2, 0) is 4.79 Å². The number of ether oxygens (including phenoxy) is 1. The summed E-state index contributed by atoms with van der Waals surface area (Å²) < 4.78 is 27.5. The Bertz CT molecular complexity index is 263. The van der Waals surface area contributed by atoms with Crippen LogP contribution < -0.4 is 4.74 Å². The van der Waals surface area contributed by atoms with Gasteiger partial charge >= 0.3 is 12.4 Å². The number of alkyl halides is 2. The molecule has 1 heterocycles. The summed E-state index contributed by atoms with van der Waals surface area (Å²) in [6, 6.07) is 2.85. The molecule has 0 atom stereocenters. The van der Waals surface area contributed by atoms with E-state index in [2.05, 4.69) is 9.72 Å². The Kier molecular flexibility index (Phi) is 2.68. The van der Waals surface area contributed by atoms with Crippen molar-refractivity contribution in [2.45, 2.75) is 6.43 Å². The van der Waals surface area contributed by atoms with Gasteiger partial charge in [-0.1, -0.05) is 0 Å². The highest BCUT2D eigenvalue weighted by atomic mass is 19.3. The maximum Gasteiger partial charge on any atom is 0.379 e. The van der Waals surface area contributed by atoms with Gasteiger partial charge in [0.15, 0.2) is 0 Å². The molecule has 0 aliphatic carbocycles. The monoisotopic (exact) mass is 173 g/mol.